The van der Waals surface area contributed by atoms with Crippen LogP contribution in [-0.2, 0) is 16.0 Å². The van der Waals surface area contributed by atoms with Crippen LogP contribution in [0.4, 0.5) is 5.69 Å². The van der Waals surface area contributed by atoms with Crippen molar-refractivity contribution in [3.05, 3.63) is 60.2 Å². The quantitative estimate of drug-likeness (QED) is 0.750. The zero-order valence-electron chi connectivity index (χ0n) is 15.4. The number of benzene rings is 2. The second-order valence-electron chi connectivity index (χ2n) is 6.00. The number of carbonyl (C=O) groups is 2. The molecule has 0 saturated carbocycles. The molecule has 0 aromatic heterocycles. The van der Waals surface area contributed by atoms with E-state index in [4.69, 9.17) is 4.74 Å². The van der Waals surface area contributed by atoms with Crippen molar-refractivity contribution in [3.63, 3.8) is 0 Å². The van der Waals surface area contributed by atoms with E-state index in [0.717, 1.165) is 17.9 Å². The maximum atomic E-state index is 12.1. The molecule has 0 aliphatic heterocycles. The zero-order chi connectivity index (χ0) is 18.8. The largest absolute Gasteiger partial charge is 0.494 e. The van der Waals surface area contributed by atoms with Crippen LogP contribution in [0.1, 0.15) is 25.8 Å². The average molecular weight is 354 g/mol. The lowest BCUT2D eigenvalue weighted by Crippen LogP contribution is -2.33. The minimum atomic E-state index is -0.111. The number of hydrogen-bond acceptors (Lipinski definition) is 3. The van der Waals surface area contributed by atoms with Crippen molar-refractivity contribution in [3.8, 4) is 5.75 Å². The van der Waals surface area contributed by atoms with Gasteiger partial charge in [-0.15, -0.1) is 0 Å². The van der Waals surface area contributed by atoms with Gasteiger partial charge in [-0.25, -0.2) is 0 Å². The standard InChI is InChI=1S/C21H26N2O3/c1-3-26-20-11-9-19(10-12-20)22-21(25)14-16-23(17(2)24)15-13-18-7-5-4-6-8-18/h4-12H,3,13-16H2,1-2H3,(H,22,25). The first-order valence-corrected chi connectivity index (χ1v) is 8.90. The van der Waals surface area contributed by atoms with Crippen molar-refractivity contribution >= 4 is 17.5 Å². The van der Waals surface area contributed by atoms with Crippen molar-refractivity contribution in [2.75, 3.05) is 25.0 Å². The molecule has 2 rings (SSSR count). The summed E-state index contributed by atoms with van der Waals surface area (Å²) in [6, 6.07) is 17.3. The van der Waals surface area contributed by atoms with E-state index in [2.05, 4.69) is 5.32 Å². The highest BCUT2D eigenvalue weighted by molar-refractivity contribution is 5.91. The van der Waals surface area contributed by atoms with Crippen LogP contribution in [0.25, 0.3) is 0 Å². The molecule has 0 fully saturated rings. The van der Waals surface area contributed by atoms with E-state index >= 15 is 0 Å². The zero-order valence-corrected chi connectivity index (χ0v) is 15.4. The molecule has 5 nitrogen and oxygen atoms in total. The molecule has 138 valence electrons. The second-order valence-corrected chi connectivity index (χ2v) is 6.00. The SMILES string of the molecule is CCOc1ccc(NC(=O)CCN(CCc2ccccc2)C(C)=O)cc1. The molecule has 26 heavy (non-hydrogen) atoms. The maximum Gasteiger partial charge on any atom is 0.226 e. The van der Waals surface area contributed by atoms with Gasteiger partial charge >= 0.3 is 0 Å². The summed E-state index contributed by atoms with van der Waals surface area (Å²) in [5.41, 5.74) is 1.90. The first kappa shape index (κ1) is 19.5. The molecule has 0 unspecified atom stereocenters. The molecule has 0 spiro atoms. The van der Waals surface area contributed by atoms with Crippen LogP contribution in [0.3, 0.4) is 0 Å². The second kappa shape index (κ2) is 10.2. The summed E-state index contributed by atoms with van der Waals surface area (Å²) >= 11 is 0. The van der Waals surface area contributed by atoms with E-state index < -0.39 is 0 Å². The predicted molar refractivity (Wildman–Crippen MR) is 103 cm³/mol. The van der Waals surface area contributed by atoms with Crippen molar-refractivity contribution < 1.29 is 14.3 Å². The fraction of sp³-hybridized carbons (Fsp3) is 0.333. The highest BCUT2D eigenvalue weighted by atomic mass is 16.5. The Kier molecular flexibility index (Phi) is 7.68. The number of rotatable bonds is 9. The monoisotopic (exact) mass is 354 g/mol. The van der Waals surface area contributed by atoms with Gasteiger partial charge in [0.15, 0.2) is 0 Å². The topological polar surface area (TPSA) is 58.6 Å². The Morgan fingerprint density at radius 2 is 1.69 bits per heavy atom. The molecule has 2 aromatic rings. The van der Waals surface area contributed by atoms with Gasteiger partial charge in [-0.3, -0.25) is 9.59 Å². The molecule has 0 bridgehead atoms. The number of carbonyl (C=O) groups excluding carboxylic acids is 2. The lowest BCUT2D eigenvalue weighted by atomic mass is 10.1. The van der Waals surface area contributed by atoms with Gasteiger partial charge in [-0.05, 0) is 43.2 Å². The van der Waals surface area contributed by atoms with Gasteiger partial charge in [0.1, 0.15) is 5.75 Å². The molecule has 2 amide bonds. The van der Waals surface area contributed by atoms with Crippen molar-refractivity contribution in [1.82, 2.24) is 4.90 Å². The number of anilines is 1. The third kappa shape index (κ3) is 6.59. The van der Waals surface area contributed by atoms with Crippen LogP contribution in [-0.4, -0.2) is 36.4 Å². The van der Waals surface area contributed by atoms with Crippen LogP contribution >= 0.6 is 0 Å². The smallest absolute Gasteiger partial charge is 0.226 e. The van der Waals surface area contributed by atoms with E-state index in [1.807, 2.05) is 49.4 Å². The summed E-state index contributed by atoms with van der Waals surface area (Å²) in [6.07, 6.45) is 1.04. The van der Waals surface area contributed by atoms with E-state index in [1.54, 1.807) is 17.0 Å². The predicted octanol–water partition coefficient (Wildman–Crippen LogP) is 3.51. The Labute approximate surface area is 155 Å². The average Bonchev–Trinajstić information content (AvgIpc) is 2.64. The van der Waals surface area contributed by atoms with E-state index in [9.17, 15) is 9.59 Å². The van der Waals surface area contributed by atoms with Crippen LogP contribution in [0, 0.1) is 0 Å². The van der Waals surface area contributed by atoms with Gasteiger partial charge in [-0.1, -0.05) is 30.3 Å². The minimum Gasteiger partial charge on any atom is -0.494 e. The lowest BCUT2D eigenvalue weighted by Gasteiger charge is -2.21. The van der Waals surface area contributed by atoms with E-state index in [-0.39, 0.29) is 18.2 Å². The normalized spacial score (nSPS) is 10.2. The van der Waals surface area contributed by atoms with Gasteiger partial charge in [0.05, 0.1) is 6.61 Å². The third-order valence-corrected chi connectivity index (χ3v) is 4.02. The van der Waals surface area contributed by atoms with E-state index in [0.29, 0.717) is 19.7 Å². The minimum absolute atomic E-state index is 0.0187. The molecule has 0 heterocycles. The molecule has 0 aliphatic rings. The molecule has 2 aromatic carbocycles. The van der Waals surface area contributed by atoms with Gasteiger partial charge in [-0.2, -0.15) is 0 Å². The van der Waals surface area contributed by atoms with Gasteiger partial charge in [0.25, 0.3) is 0 Å². The molecule has 5 heteroatoms. The molecule has 0 saturated heterocycles. The number of ether oxygens (including phenoxy) is 1. The Hall–Kier alpha value is -2.82. The van der Waals surface area contributed by atoms with Crippen LogP contribution in [0.2, 0.25) is 0 Å². The van der Waals surface area contributed by atoms with E-state index in [1.165, 1.54) is 12.5 Å². The fourth-order valence-corrected chi connectivity index (χ4v) is 2.60. The highest BCUT2D eigenvalue weighted by Crippen LogP contribution is 2.15. The maximum absolute atomic E-state index is 12.1. The first-order chi connectivity index (χ1) is 12.6. The Bertz CT molecular complexity index is 699. The number of amides is 2. The van der Waals surface area contributed by atoms with Crippen molar-refractivity contribution in [1.29, 1.82) is 0 Å². The third-order valence-electron chi connectivity index (χ3n) is 4.02. The molecular weight excluding hydrogens is 328 g/mol. The Morgan fingerprint density at radius 3 is 2.31 bits per heavy atom. The summed E-state index contributed by atoms with van der Waals surface area (Å²) in [5, 5.41) is 2.85. The summed E-state index contributed by atoms with van der Waals surface area (Å²) < 4.78 is 5.38. The Morgan fingerprint density at radius 1 is 1.00 bits per heavy atom. The van der Waals surface area contributed by atoms with Crippen LogP contribution < -0.4 is 10.1 Å². The van der Waals surface area contributed by atoms with Gasteiger partial charge in [0, 0.05) is 32.1 Å². The van der Waals surface area contributed by atoms with Crippen molar-refractivity contribution in [2.45, 2.75) is 26.7 Å². The number of nitrogens with one attached hydrogen (secondary N) is 1. The van der Waals surface area contributed by atoms with Crippen molar-refractivity contribution in [2.24, 2.45) is 0 Å². The molecule has 0 radical (unpaired) electrons. The summed E-state index contributed by atoms with van der Waals surface area (Å²) in [5.74, 6) is 0.643. The summed E-state index contributed by atoms with van der Waals surface area (Å²) in [4.78, 5) is 25.7. The van der Waals surface area contributed by atoms with Gasteiger partial charge in [0.2, 0.25) is 11.8 Å². The van der Waals surface area contributed by atoms with Gasteiger partial charge < -0.3 is 15.0 Å². The fourth-order valence-electron chi connectivity index (χ4n) is 2.60. The molecule has 0 aliphatic carbocycles. The lowest BCUT2D eigenvalue weighted by molar-refractivity contribution is -0.129. The molecule has 0 atom stereocenters. The summed E-state index contributed by atoms with van der Waals surface area (Å²) in [7, 11) is 0. The summed E-state index contributed by atoms with van der Waals surface area (Å²) in [6.45, 7) is 5.08. The highest BCUT2D eigenvalue weighted by Gasteiger charge is 2.11. The molecule has 1 N–H and O–H groups in total. The van der Waals surface area contributed by atoms with Crippen LogP contribution in [0.5, 0.6) is 5.75 Å². The number of hydrogen-bond donors (Lipinski definition) is 1. The molecular formula is C21H26N2O3. The first-order valence-electron chi connectivity index (χ1n) is 8.90. The Balaban J connectivity index is 1.80. The van der Waals surface area contributed by atoms with Crippen LogP contribution in [0.15, 0.2) is 54.6 Å². The number of nitrogens with zero attached hydrogens (tertiary/aromatic N) is 1.